The minimum absolute atomic E-state index is 0.0964. The first kappa shape index (κ1) is 13.8. The highest BCUT2D eigenvalue weighted by atomic mass is 16.5. The minimum Gasteiger partial charge on any atom is -0.467 e. The Hall–Kier alpha value is -2.64. The summed E-state index contributed by atoms with van der Waals surface area (Å²) in [5.41, 5.74) is 0.0505. The van der Waals surface area contributed by atoms with Crippen molar-refractivity contribution < 1.29 is 19.1 Å². The topological polar surface area (TPSA) is 103 Å². The number of carbonyl (C=O) groups excluding carboxylic acids is 2. The van der Waals surface area contributed by atoms with Gasteiger partial charge in [0.25, 0.3) is 5.56 Å². The molecule has 2 heterocycles. The van der Waals surface area contributed by atoms with Gasteiger partial charge in [0.05, 0.1) is 19.8 Å². The monoisotopic (exact) mass is 279 g/mol. The van der Waals surface area contributed by atoms with Crippen LogP contribution in [0.4, 0.5) is 0 Å². The van der Waals surface area contributed by atoms with Crippen LogP contribution >= 0.6 is 0 Å². The molecule has 20 heavy (non-hydrogen) atoms. The zero-order valence-corrected chi connectivity index (χ0v) is 11.2. The third-order valence-electron chi connectivity index (χ3n) is 2.98. The Morgan fingerprint density at radius 2 is 2.00 bits per heavy atom. The maximum atomic E-state index is 11.7. The van der Waals surface area contributed by atoms with Crippen LogP contribution in [0, 0.1) is 0 Å². The summed E-state index contributed by atoms with van der Waals surface area (Å²) in [6.45, 7) is 1.59. The van der Waals surface area contributed by atoms with Gasteiger partial charge in [-0.25, -0.2) is 14.7 Å². The predicted molar refractivity (Wildman–Crippen MR) is 67.5 cm³/mol. The Bertz CT molecular complexity index is 687. The normalized spacial score (nSPS) is 12.2. The Labute approximate surface area is 113 Å². The molecule has 0 aromatic rings. The van der Waals surface area contributed by atoms with E-state index >= 15 is 0 Å². The van der Waals surface area contributed by atoms with Crippen LogP contribution in [0.2, 0.25) is 0 Å². The van der Waals surface area contributed by atoms with Crippen LogP contribution in [-0.4, -0.2) is 40.9 Å². The SMILES string of the molecule is COC(=O)c1cn([C@@H](C)C(=O)OC)cc2c(=O)[nH]nc1-2. The number of esters is 2. The van der Waals surface area contributed by atoms with Crippen molar-refractivity contribution in [3.8, 4) is 11.3 Å². The van der Waals surface area contributed by atoms with Crippen molar-refractivity contribution in [2.75, 3.05) is 14.2 Å². The molecule has 2 rings (SSSR count). The number of hydrogen-bond donors (Lipinski definition) is 1. The first-order chi connectivity index (χ1) is 9.49. The molecule has 0 amide bonds. The van der Waals surface area contributed by atoms with Crippen LogP contribution in [0.5, 0.6) is 0 Å². The summed E-state index contributed by atoms with van der Waals surface area (Å²) >= 11 is 0. The smallest absolute Gasteiger partial charge is 0.341 e. The van der Waals surface area contributed by atoms with Gasteiger partial charge in [0.15, 0.2) is 0 Å². The van der Waals surface area contributed by atoms with Crippen molar-refractivity contribution >= 4 is 11.9 Å². The van der Waals surface area contributed by atoms with Crippen molar-refractivity contribution in [3.05, 3.63) is 28.3 Å². The number of carbonyl (C=O) groups is 2. The molecular formula is C12H13N3O5. The van der Waals surface area contributed by atoms with Crippen LogP contribution < -0.4 is 5.56 Å². The van der Waals surface area contributed by atoms with Gasteiger partial charge in [-0.05, 0) is 6.92 Å². The number of aromatic amines is 1. The molecule has 2 aliphatic rings. The zero-order valence-electron chi connectivity index (χ0n) is 11.2. The molecule has 0 aliphatic carbocycles. The number of rotatable bonds is 3. The Morgan fingerprint density at radius 3 is 2.60 bits per heavy atom. The molecule has 0 bridgehead atoms. The number of H-pyrrole nitrogens is 1. The van der Waals surface area contributed by atoms with Gasteiger partial charge in [-0.3, -0.25) is 4.79 Å². The van der Waals surface area contributed by atoms with Gasteiger partial charge in [0, 0.05) is 12.4 Å². The molecule has 0 fully saturated rings. The van der Waals surface area contributed by atoms with E-state index in [1.54, 1.807) is 6.92 Å². The lowest BCUT2D eigenvalue weighted by Gasteiger charge is -2.16. The molecule has 8 heteroatoms. The van der Waals surface area contributed by atoms with Crippen LogP contribution in [0.25, 0.3) is 11.3 Å². The third-order valence-corrected chi connectivity index (χ3v) is 2.98. The van der Waals surface area contributed by atoms with E-state index in [1.165, 1.54) is 31.2 Å². The largest absolute Gasteiger partial charge is 0.467 e. The number of nitrogens with one attached hydrogen (secondary N) is 1. The summed E-state index contributed by atoms with van der Waals surface area (Å²) in [7, 11) is 2.48. The van der Waals surface area contributed by atoms with E-state index in [0.717, 1.165) is 0 Å². The molecule has 1 N–H and O–H groups in total. The highest BCUT2D eigenvalue weighted by Crippen LogP contribution is 2.23. The lowest BCUT2D eigenvalue weighted by atomic mass is 10.1. The van der Waals surface area contributed by atoms with E-state index in [2.05, 4.69) is 19.7 Å². The van der Waals surface area contributed by atoms with E-state index in [0.29, 0.717) is 0 Å². The highest BCUT2D eigenvalue weighted by molar-refractivity contribution is 5.96. The molecule has 106 valence electrons. The van der Waals surface area contributed by atoms with Crippen molar-refractivity contribution in [2.24, 2.45) is 0 Å². The Kier molecular flexibility index (Phi) is 3.55. The van der Waals surface area contributed by atoms with Crippen molar-refractivity contribution in [1.82, 2.24) is 14.8 Å². The number of fused-ring (bicyclic) bond motifs is 1. The third kappa shape index (κ3) is 2.15. The second kappa shape index (κ2) is 5.16. The van der Waals surface area contributed by atoms with E-state index in [-0.39, 0.29) is 16.8 Å². The number of hydrogen-bond acceptors (Lipinski definition) is 6. The first-order valence-electron chi connectivity index (χ1n) is 5.75. The molecule has 1 atom stereocenters. The molecule has 0 spiro atoms. The van der Waals surface area contributed by atoms with Gasteiger partial charge in [0.2, 0.25) is 0 Å². The number of nitrogens with zero attached hydrogens (tertiary/aromatic N) is 2. The molecule has 0 aromatic heterocycles. The van der Waals surface area contributed by atoms with Crippen LogP contribution in [0.3, 0.4) is 0 Å². The van der Waals surface area contributed by atoms with Gasteiger partial charge in [-0.15, -0.1) is 0 Å². The maximum absolute atomic E-state index is 11.7. The average molecular weight is 279 g/mol. The quantitative estimate of drug-likeness (QED) is 0.805. The number of aromatic nitrogens is 3. The standard InChI is InChI=1S/C12H13N3O5/c1-6(11(17)19-2)15-4-7-9(13-14-10(7)16)8(5-15)12(18)20-3/h4-6H,1-3H3,(H,14,16)/t6-/m0/s1. The number of pyridine rings is 1. The fourth-order valence-electron chi connectivity index (χ4n) is 1.83. The summed E-state index contributed by atoms with van der Waals surface area (Å²) < 4.78 is 10.7. The van der Waals surface area contributed by atoms with Gasteiger partial charge < -0.3 is 14.0 Å². The number of ether oxygens (including phenoxy) is 2. The van der Waals surface area contributed by atoms with Crippen LogP contribution in [0.1, 0.15) is 23.3 Å². The molecule has 0 aromatic carbocycles. The summed E-state index contributed by atoms with van der Waals surface area (Å²) in [5.74, 6) is -1.14. The zero-order chi connectivity index (χ0) is 14.9. The van der Waals surface area contributed by atoms with E-state index < -0.39 is 23.5 Å². The fourth-order valence-corrected chi connectivity index (χ4v) is 1.83. The lowest BCUT2D eigenvalue weighted by Crippen LogP contribution is -2.20. The second-order valence-corrected chi connectivity index (χ2v) is 4.12. The van der Waals surface area contributed by atoms with Gasteiger partial charge >= 0.3 is 11.9 Å². The van der Waals surface area contributed by atoms with Crippen molar-refractivity contribution in [1.29, 1.82) is 0 Å². The first-order valence-corrected chi connectivity index (χ1v) is 5.75. The highest BCUT2D eigenvalue weighted by Gasteiger charge is 2.24. The fraction of sp³-hybridized carbons (Fsp3) is 0.333. The predicted octanol–water partition coefficient (Wildman–Crippen LogP) is 0.197. The van der Waals surface area contributed by atoms with Crippen LogP contribution in [0.15, 0.2) is 17.2 Å². The molecule has 0 saturated carbocycles. The van der Waals surface area contributed by atoms with Gasteiger partial charge in [-0.1, -0.05) is 0 Å². The maximum Gasteiger partial charge on any atom is 0.341 e. The second-order valence-electron chi connectivity index (χ2n) is 4.12. The van der Waals surface area contributed by atoms with E-state index in [1.807, 2.05) is 0 Å². The summed E-state index contributed by atoms with van der Waals surface area (Å²) in [4.78, 5) is 35.0. The number of methoxy groups -OCH3 is 2. The summed E-state index contributed by atoms with van der Waals surface area (Å²) in [5, 5.41) is 6.05. The molecular weight excluding hydrogens is 266 g/mol. The van der Waals surface area contributed by atoms with Crippen molar-refractivity contribution in [2.45, 2.75) is 13.0 Å². The molecule has 8 nitrogen and oxygen atoms in total. The molecule has 0 radical (unpaired) electrons. The Morgan fingerprint density at radius 1 is 1.30 bits per heavy atom. The van der Waals surface area contributed by atoms with Gasteiger partial charge in [-0.2, -0.15) is 5.10 Å². The molecule has 2 aliphatic heterocycles. The van der Waals surface area contributed by atoms with E-state index in [9.17, 15) is 14.4 Å². The van der Waals surface area contributed by atoms with Crippen LogP contribution in [-0.2, 0) is 14.3 Å². The van der Waals surface area contributed by atoms with E-state index in [4.69, 9.17) is 0 Å². The van der Waals surface area contributed by atoms with Crippen molar-refractivity contribution in [3.63, 3.8) is 0 Å². The molecule has 0 unspecified atom stereocenters. The lowest BCUT2D eigenvalue weighted by molar-refractivity contribution is -0.144. The Balaban J connectivity index is 2.65. The minimum atomic E-state index is -0.692. The van der Waals surface area contributed by atoms with Gasteiger partial charge in [0.1, 0.15) is 17.3 Å². The summed E-state index contributed by atoms with van der Waals surface area (Å²) in [6.07, 6.45) is 2.84. The average Bonchev–Trinajstić information content (AvgIpc) is 2.85. The molecule has 0 saturated heterocycles. The summed E-state index contributed by atoms with van der Waals surface area (Å²) in [6, 6.07) is -0.692.